The number of hydrogen-bond acceptors (Lipinski definition) is 4. The van der Waals surface area contributed by atoms with Crippen molar-refractivity contribution in [3.05, 3.63) is 81.3 Å². The van der Waals surface area contributed by atoms with E-state index in [1.165, 1.54) is 12.1 Å². The normalized spacial score (nSPS) is 10.8. The molecule has 4 aromatic rings. The Hall–Kier alpha value is -2.99. The van der Waals surface area contributed by atoms with Gasteiger partial charge in [0.25, 0.3) is 5.91 Å². The van der Waals surface area contributed by atoms with E-state index in [-0.39, 0.29) is 16.0 Å². The Morgan fingerprint density at radius 2 is 1.56 bits per heavy atom. The number of anilines is 1. The molecule has 1 amide bonds. The number of ether oxygens (including phenoxy) is 2. The molecule has 32 heavy (non-hydrogen) atoms. The topological polar surface area (TPSA) is 60.5 Å². The van der Waals surface area contributed by atoms with Crippen molar-refractivity contribution in [1.82, 2.24) is 4.98 Å². The molecule has 0 aliphatic heterocycles. The van der Waals surface area contributed by atoms with Crippen molar-refractivity contribution < 1.29 is 14.3 Å². The number of methoxy groups -OCH3 is 2. The van der Waals surface area contributed by atoms with E-state index < -0.39 is 0 Å². The summed E-state index contributed by atoms with van der Waals surface area (Å²) in [6.45, 7) is 0. The third-order valence-corrected chi connectivity index (χ3v) is 5.93. The Balaban J connectivity index is 1.81. The van der Waals surface area contributed by atoms with Gasteiger partial charge in [0.1, 0.15) is 0 Å². The molecule has 162 valence electrons. The summed E-state index contributed by atoms with van der Waals surface area (Å²) >= 11 is 18.3. The maximum absolute atomic E-state index is 13.3. The van der Waals surface area contributed by atoms with Gasteiger partial charge in [0, 0.05) is 10.9 Å². The van der Waals surface area contributed by atoms with Gasteiger partial charge in [0.2, 0.25) is 0 Å². The van der Waals surface area contributed by atoms with Crippen LogP contribution in [0.1, 0.15) is 10.4 Å². The Bertz CT molecular complexity index is 1340. The Kier molecular flexibility index (Phi) is 6.42. The van der Waals surface area contributed by atoms with Gasteiger partial charge in [-0.2, -0.15) is 0 Å². The van der Waals surface area contributed by atoms with Crippen LogP contribution in [0.2, 0.25) is 15.1 Å². The molecule has 0 bridgehead atoms. The Morgan fingerprint density at radius 1 is 0.844 bits per heavy atom. The Labute approximate surface area is 199 Å². The number of hydrogen-bond donors (Lipinski definition) is 1. The van der Waals surface area contributed by atoms with Crippen molar-refractivity contribution in [3.63, 3.8) is 0 Å². The molecule has 0 radical (unpaired) electrons. The number of amides is 1. The average molecular weight is 488 g/mol. The fourth-order valence-electron chi connectivity index (χ4n) is 3.31. The van der Waals surface area contributed by atoms with Crippen molar-refractivity contribution in [2.45, 2.75) is 0 Å². The highest BCUT2D eigenvalue weighted by molar-refractivity contribution is 6.44. The maximum Gasteiger partial charge on any atom is 0.256 e. The lowest BCUT2D eigenvalue weighted by Crippen LogP contribution is -2.13. The molecule has 0 aliphatic rings. The molecule has 1 heterocycles. The summed E-state index contributed by atoms with van der Waals surface area (Å²) in [5.74, 6) is 0.809. The molecule has 0 saturated heterocycles. The predicted molar refractivity (Wildman–Crippen MR) is 130 cm³/mol. The number of nitrogens with one attached hydrogen (secondary N) is 1. The maximum atomic E-state index is 13.3. The molecule has 0 spiro atoms. The van der Waals surface area contributed by atoms with Gasteiger partial charge in [-0.15, -0.1) is 0 Å². The number of rotatable bonds is 5. The van der Waals surface area contributed by atoms with Crippen LogP contribution in [0.4, 0.5) is 5.69 Å². The molecule has 0 fully saturated rings. The fourth-order valence-corrected chi connectivity index (χ4v) is 3.91. The van der Waals surface area contributed by atoms with Crippen molar-refractivity contribution >= 4 is 57.3 Å². The summed E-state index contributed by atoms with van der Waals surface area (Å²) in [6, 6.07) is 17.6. The second-order valence-corrected chi connectivity index (χ2v) is 8.06. The van der Waals surface area contributed by atoms with Crippen molar-refractivity contribution in [2.75, 3.05) is 19.5 Å². The monoisotopic (exact) mass is 486 g/mol. The van der Waals surface area contributed by atoms with Crippen LogP contribution in [0.5, 0.6) is 11.5 Å². The summed E-state index contributed by atoms with van der Waals surface area (Å²) in [4.78, 5) is 18.0. The first kappa shape index (κ1) is 22.2. The van der Waals surface area contributed by atoms with Crippen LogP contribution in [0.3, 0.4) is 0 Å². The SMILES string of the molecule is COc1ccc(-c2cc(C(=O)Nc3cc(Cl)c(Cl)cc3Cl)c3ccccc3n2)cc1OC. The van der Waals surface area contributed by atoms with E-state index in [1.54, 1.807) is 26.4 Å². The number of nitrogens with zero attached hydrogens (tertiary/aromatic N) is 1. The van der Waals surface area contributed by atoms with E-state index >= 15 is 0 Å². The van der Waals surface area contributed by atoms with E-state index in [2.05, 4.69) is 5.32 Å². The fraction of sp³-hybridized carbons (Fsp3) is 0.0833. The predicted octanol–water partition coefficient (Wildman–Crippen LogP) is 7.13. The van der Waals surface area contributed by atoms with Gasteiger partial charge in [-0.3, -0.25) is 4.79 Å². The summed E-state index contributed by atoms with van der Waals surface area (Å²) in [5, 5.41) is 4.40. The Morgan fingerprint density at radius 3 is 2.31 bits per heavy atom. The molecule has 0 unspecified atom stereocenters. The molecule has 4 rings (SSSR count). The van der Waals surface area contributed by atoms with Crippen LogP contribution in [-0.2, 0) is 0 Å². The van der Waals surface area contributed by atoms with E-state index in [0.29, 0.717) is 44.4 Å². The van der Waals surface area contributed by atoms with Crippen molar-refractivity contribution in [2.24, 2.45) is 0 Å². The zero-order valence-electron chi connectivity index (χ0n) is 17.1. The molecule has 8 heteroatoms. The van der Waals surface area contributed by atoms with Gasteiger partial charge >= 0.3 is 0 Å². The van der Waals surface area contributed by atoms with E-state index in [4.69, 9.17) is 49.3 Å². The van der Waals surface area contributed by atoms with Crippen LogP contribution in [0.25, 0.3) is 22.2 Å². The molecule has 1 aromatic heterocycles. The first-order valence-corrected chi connectivity index (χ1v) is 10.6. The number of carbonyl (C=O) groups is 1. The number of halogens is 3. The summed E-state index contributed by atoms with van der Waals surface area (Å²) < 4.78 is 10.7. The van der Waals surface area contributed by atoms with Gasteiger partial charge in [-0.05, 0) is 42.5 Å². The van der Waals surface area contributed by atoms with E-state index in [1.807, 2.05) is 36.4 Å². The van der Waals surface area contributed by atoms with Crippen LogP contribution in [0, 0.1) is 0 Å². The minimum absolute atomic E-state index is 0.284. The molecular formula is C24H17Cl3N2O3. The summed E-state index contributed by atoms with van der Waals surface area (Å²) in [5.41, 5.74) is 2.84. The van der Waals surface area contributed by atoms with Crippen LogP contribution < -0.4 is 14.8 Å². The number of carbonyl (C=O) groups excluding carboxylic acids is 1. The number of fused-ring (bicyclic) bond motifs is 1. The van der Waals surface area contributed by atoms with E-state index in [0.717, 1.165) is 5.56 Å². The van der Waals surface area contributed by atoms with Gasteiger partial charge in [-0.25, -0.2) is 4.98 Å². The largest absolute Gasteiger partial charge is 0.493 e. The molecule has 0 saturated carbocycles. The molecule has 0 aliphatic carbocycles. The average Bonchev–Trinajstić information content (AvgIpc) is 2.81. The first-order chi connectivity index (χ1) is 15.4. The first-order valence-electron chi connectivity index (χ1n) is 9.49. The highest BCUT2D eigenvalue weighted by Crippen LogP contribution is 2.35. The number of aromatic nitrogens is 1. The van der Waals surface area contributed by atoms with E-state index in [9.17, 15) is 4.79 Å². The van der Waals surface area contributed by atoms with Gasteiger partial charge in [-0.1, -0.05) is 53.0 Å². The van der Waals surface area contributed by atoms with Crippen LogP contribution >= 0.6 is 34.8 Å². The standard InChI is InChI=1S/C24H17Cl3N2O3/c1-31-22-8-7-13(9-23(22)32-2)20-10-15(14-5-3-4-6-19(14)28-20)24(30)29-21-12-17(26)16(25)11-18(21)27/h3-12H,1-2H3,(H,29,30). The lowest BCUT2D eigenvalue weighted by molar-refractivity contribution is 0.102. The lowest BCUT2D eigenvalue weighted by Gasteiger charge is -2.13. The quantitative estimate of drug-likeness (QED) is 0.304. The molecule has 5 nitrogen and oxygen atoms in total. The highest BCUT2D eigenvalue weighted by atomic mass is 35.5. The minimum atomic E-state index is -0.356. The third-order valence-electron chi connectivity index (χ3n) is 4.90. The lowest BCUT2D eigenvalue weighted by atomic mass is 10.0. The zero-order chi connectivity index (χ0) is 22.8. The molecule has 0 atom stereocenters. The second kappa shape index (κ2) is 9.25. The number of pyridine rings is 1. The van der Waals surface area contributed by atoms with Gasteiger partial charge in [0.05, 0.1) is 51.7 Å². The highest BCUT2D eigenvalue weighted by Gasteiger charge is 2.17. The second-order valence-electron chi connectivity index (χ2n) is 6.84. The minimum Gasteiger partial charge on any atom is -0.493 e. The van der Waals surface area contributed by atoms with Gasteiger partial charge < -0.3 is 14.8 Å². The summed E-state index contributed by atoms with van der Waals surface area (Å²) in [6.07, 6.45) is 0. The zero-order valence-corrected chi connectivity index (χ0v) is 19.3. The van der Waals surface area contributed by atoms with Crippen molar-refractivity contribution in [1.29, 1.82) is 0 Å². The molecular weight excluding hydrogens is 471 g/mol. The van der Waals surface area contributed by atoms with Crippen LogP contribution in [0.15, 0.2) is 60.7 Å². The third kappa shape index (κ3) is 4.32. The number of benzene rings is 3. The van der Waals surface area contributed by atoms with Crippen LogP contribution in [-0.4, -0.2) is 25.1 Å². The smallest absolute Gasteiger partial charge is 0.256 e. The summed E-state index contributed by atoms with van der Waals surface area (Å²) in [7, 11) is 3.14. The number of para-hydroxylation sites is 1. The van der Waals surface area contributed by atoms with Crippen molar-refractivity contribution in [3.8, 4) is 22.8 Å². The molecule has 3 aromatic carbocycles. The molecule has 1 N–H and O–H groups in total. The van der Waals surface area contributed by atoms with Gasteiger partial charge in [0.15, 0.2) is 11.5 Å².